The molecule has 126 valence electrons. The zero-order valence-corrected chi connectivity index (χ0v) is 15.3. The molecular formula is C18H25BrN2O2. The Morgan fingerprint density at radius 1 is 1.09 bits per heavy atom. The highest BCUT2D eigenvalue weighted by atomic mass is 79.9. The number of ether oxygens (including phenoxy) is 1. The Morgan fingerprint density at radius 2 is 1.74 bits per heavy atom. The number of halogens is 1. The van der Waals surface area contributed by atoms with Gasteiger partial charge in [-0.2, -0.15) is 0 Å². The number of amides is 1. The van der Waals surface area contributed by atoms with Crippen molar-refractivity contribution in [2.45, 2.75) is 37.8 Å². The molecule has 2 heterocycles. The molecule has 1 amide bonds. The maximum atomic E-state index is 12.7. The summed E-state index contributed by atoms with van der Waals surface area (Å²) in [7, 11) is 1.81. The van der Waals surface area contributed by atoms with Gasteiger partial charge in [0.2, 0.25) is 0 Å². The summed E-state index contributed by atoms with van der Waals surface area (Å²) in [5.74, 6) is 0.147. The molecule has 0 N–H and O–H groups in total. The molecule has 0 aliphatic carbocycles. The summed E-state index contributed by atoms with van der Waals surface area (Å²) < 4.78 is 6.33. The summed E-state index contributed by atoms with van der Waals surface area (Å²) in [6, 6.07) is 8.31. The highest BCUT2D eigenvalue weighted by Gasteiger charge is 2.30. The van der Waals surface area contributed by atoms with Crippen LogP contribution in [0.25, 0.3) is 0 Å². The Hall–Kier alpha value is -0.910. The van der Waals surface area contributed by atoms with E-state index in [1.54, 1.807) is 0 Å². The van der Waals surface area contributed by atoms with E-state index in [1.165, 1.54) is 0 Å². The van der Waals surface area contributed by atoms with E-state index >= 15 is 0 Å². The summed E-state index contributed by atoms with van der Waals surface area (Å²) in [4.78, 5) is 17.2. The van der Waals surface area contributed by atoms with Crippen molar-refractivity contribution in [3.8, 4) is 0 Å². The quantitative estimate of drug-likeness (QED) is 0.807. The number of carbonyl (C=O) groups is 1. The average molecular weight is 381 g/mol. The standard InChI is InChI=1S/C18H25BrN2O2/c1-23-15-8-12-20(13-9-15)14-6-10-21(11-7-14)18(22)16-4-2-3-5-17(16)19/h2-5,14-15H,6-13H2,1H3. The number of rotatable bonds is 3. The van der Waals surface area contributed by atoms with Crippen molar-refractivity contribution >= 4 is 21.8 Å². The number of methoxy groups -OCH3 is 1. The maximum absolute atomic E-state index is 12.7. The van der Waals surface area contributed by atoms with Gasteiger partial charge in [0.15, 0.2) is 0 Å². The Balaban J connectivity index is 1.53. The van der Waals surface area contributed by atoms with E-state index in [9.17, 15) is 4.79 Å². The van der Waals surface area contributed by atoms with Gasteiger partial charge in [0.1, 0.15) is 0 Å². The molecule has 2 saturated heterocycles. The molecule has 0 unspecified atom stereocenters. The fourth-order valence-corrected chi connectivity index (χ4v) is 4.17. The molecule has 3 rings (SSSR count). The minimum absolute atomic E-state index is 0.147. The van der Waals surface area contributed by atoms with Crippen molar-refractivity contribution in [2.24, 2.45) is 0 Å². The lowest BCUT2D eigenvalue weighted by atomic mass is 9.98. The fourth-order valence-electron chi connectivity index (χ4n) is 3.72. The molecule has 4 nitrogen and oxygen atoms in total. The predicted molar refractivity (Wildman–Crippen MR) is 94.7 cm³/mol. The summed E-state index contributed by atoms with van der Waals surface area (Å²) >= 11 is 3.48. The smallest absolute Gasteiger partial charge is 0.254 e. The first kappa shape index (κ1) is 16.9. The molecule has 2 fully saturated rings. The molecule has 23 heavy (non-hydrogen) atoms. The van der Waals surface area contributed by atoms with E-state index < -0.39 is 0 Å². The number of likely N-dealkylation sites (tertiary alicyclic amines) is 2. The van der Waals surface area contributed by atoms with Crippen LogP contribution in [0.1, 0.15) is 36.0 Å². The molecule has 1 aromatic carbocycles. The average Bonchev–Trinajstić information content (AvgIpc) is 2.62. The van der Waals surface area contributed by atoms with Crippen LogP contribution >= 0.6 is 15.9 Å². The number of hydrogen-bond donors (Lipinski definition) is 0. The Bertz CT molecular complexity index is 536. The van der Waals surface area contributed by atoms with Crippen LogP contribution < -0.4 is 0 Å². The molecule has 2 aliphatic heterocycles. The van der Waals surface area contributed by atoms with Gasteiger partial charge in [-0.25, -0.2) is 0 Å². The zero-order chi connectivity index (χ0) is 16.2. The lowest BCUT2D eigenvalue weighted by Crippen LogP contribution is -2.49. The first-order chi connectivity index (χ1) is 11.2. The van der Waals surface area contributed by atoms with E-state index in [-0.39, 0.29) is 5.91 Å². The van der Waals surface area contributed by atoms with Crippen molar-refractivity contribution in [3.63, 3.8) is 0 Å². The van der Waals surface area contributed by atoms with Gasteiger partial charge in [0, 0.05) is 43.8 Å². The largest absolute Gasteiger partial charge is 0.381 e. The van der Waals surface area contributed by atoms with Crippen LogP contribution in [-0.2, 0) is 4.74 Å². The molecule has 1 aromatic rings. The molecule has 0 saturated carbocycles. The number of nitrogens with zero attached hydrogens (tertiary/aromatic N) is 2. The van der Waals surface area contributed by atoms with Gasteiger partial charge in [-0.3, -0.25) is 4.79 Å². The number of carbonyl (C=O) groups excluding carboxylic acids is 1. The third-order valence-electron chi connectivity index (χ3n) is 5.18. The Morgan fingerprint density at radius 3 is 2.35 bits per heavy atom. The zero-order valence-electron chi connectivity index (χ0n) is 13.7. The van der Waals surface area contributed by atoms with Gasteiger partial charge in [-0.1, -0.05) is 12.1 Å². The van der Waals surface area contributed by atoms with Crippen molar-refractivity contribution in [1.29, 1.82) is 0 Å². The van der Waals surface area contributed by atoms with Gasteiger partial charge >= 0.3 is 0 Å². The van der Waals surface area contributed by atoms with Gasteiger partial charge in [-0.05, 0) is 53.7 Å². The van der Waals surface area contributed by atoms with Crippen LogP contribution in [0.15, 0.2) is 28.7 Å². The number of benzene rings is 1. The van der Waals surface area contributed by atoms with Crippen molar-refractivity contribution in [2.75, 3.05) is 33.3 Å². The van der Waals surface area contributed by atoms with Crippen LogP contribution in [-0.4, -0.2) is 61.1 Å². The first-order valence-electron chi connectivity index (χ1n) is 8.49. The fraction of sp³-hybridized carbons (Fsp3) is 0.611. The second-order valence-corrected chi connectivity index (χ2v) is 7.33. The molecule has 0 atom stereocenters. The van der Waals surface area contributed by atoms with Gasteiger partial charge in [0.25, 0.3) is 5.91 Å². The second-order valence-electron chi connectivity index (χ2n) is 6.47. The summed E-state index contributed by atoms with van der Waals surface area (Å²) in [5, 5.41) is 0. The van der Waals surface area contributed by atoms with E-state index in [2.05, 4.69) is 20.8 Å². The summed E-state index contributed by atoms with van der Waals surface area (Å²) in [5.41, 5.74) is 0.770. The lowest BCUT2D eigenvalue weighted by Gasteiger charge is -2.41. The highest BCUT2D eigenvalue weighted by Crippen LogP contribution is 2.24. The second kappa shape index (κ2) is 7.77. The van der Waals surface area contributed by atoms with E-state index in [0.29, 0.717) is 12.1 Å². The third kappa shape index (κ3) is 3.95. The predicted octanol–water partition coefficient (Wildman–Crippen LogP) is 3.16. The molecule has 0 spiro atoms. The van der Waals surface area contributed by atoms with Crippen LogP contribution in [0.4, 0.5) is 0 Å². The monoisotopic (exact) mass is 380 g/mol. The Labute approximate surface area is 146 Å². The number of piperidine rings is 2. The van der Waals surface area contributed by atoms with Crippen LogP contribution in [0.5, 0.6) is 0 Å². The van der Waals surface area contributed by atoms with Crippen LogP contribution in [0.2, 0.25) is 0 Å². The summed E-state index contributed by atoms with van der Waals surface area (Å²) in [6.07, 6.45) is 4.85. The van der Waals surface area contributed by atoms with Gasteiger partial charge in [-0.15, -0.1) is 0 Å². The molecule has 2 aliphatic rings. The molecule has 0 radical (unpaired) electrons. The maximum Gasteiger partial charge on any atom is 0.254 e. The van der Waals surface area contributed by atoms with Crippen molar-refractivity contribution in [1.82, 2.24) is 9.80 Å². The first-order valence-corrected chi connectivity index (χ1v) is 9.29. The lowest BCUT2D eigenvalue weighted by molar-refractivity contribution is 0.0145. The minimum Gasteiger partial charge on any atom is -0.381 e. The van der Waals surface area contributed by atoms with Crippen molar-refractivity contribution in [3.05, 3.63) is 34.3 Å². The van der Waals surface area contributed by atoms with E-state index in [1.807, 2.05) is 36.3 Å². The summed E-state index contributed by atoms with van der Waals surface area (Å²) in [6.45, 7) is 3.97. The molecule has 5 heteroatoms. The molecule has 0 bridgehead atoms. The SMILES string of the molecule is COC1CCN(C2CCN(C(=O)c3ccccc3Br)CC2)CC1. The topological polar surface area (TPSA) is 32.8 Å². The van der Waals surface area contributed by atoms with Crippen LogP contribution in [0, 0.1) is 0 Å². The van der Waals surface area contributed by atoms with E-state index in [0.717, 1.165) is 61.9 Å². The molecule has 0 aromatic heterocycles. The molecular weight excluding hydrogens is 356 g/mol. The minimum atomic E-state index is 0.147. The third-order valence-corrected chi connectivity index (χ3v) is 5.87. The van der Waals surface area contributed by atoms with Gasteiger partial charge in [0.05, 0.1) is 11.7 Å². The Kier molecular flexibility index (Phi) is 5.72. The number of hydrogen-bond acceptors (Lipinski definition) is 3. The van der Waals surface area contributed by atoms with Crippen LogP contribution in [0.3, 0.4) is 0 Å². The van der Waals surface area contributed by atoms with Crippen molar-refractivity contribution < 1.29 is 9.53 Å². The normalized spacial score (nSPS) is 21.6. The van der Waals surface area contributed by atoms with E-state index in [4.69, 9.17) is 4.74 Å². The van der Waals surface area contributed by atoms with Gasteiger partial charge < -0.3 is 14.5 Å². The highest BCUT2D eigenvalue weighted by molar-refractivity contribution is 9.10.